The van der Waals surface area contributed by atoms with Crippen LogP contribution < -0.4 is 5.32 Å². The van der Waals surface area contributed by atoms with Gasteiger partial charge in [0.25, 0.3) is 0 Å². The van der Waals surface area contributed by atoms with E-state index in [9.17, 15) is 4.79 Å². The van der Waals surface area contributed by atoms with Crippen molar-refractivity contribution in [3.8, 4) is 0 Å². The van der Waals surface area contributed by atoms with Gasteiger partial charge in [-0.25, -0.2) is 0 Å². The summed E-state index contributed by atoms with van der Waals surface area (Å²) in [6, 6.07) is 0.362. The molecule has 1 aliphatic carbocycles. The lowest BCUT2D eigenvalue weighted by Crippen LogP contribution is -2.41. The predicted octanol–water partition coefficient (Wildman–Crippen LogP) is 1.83. The summed E-state index contributed by atoms with van der Waals surface area (Å²) in [5.41, 5.74) is 0. The molecule has 0 spiro atoms. The quantitative estimate of drug-likeness (QED) is 0.671. The number of carbonyl (C=O) groups is 1. The highest BCUT2D eigenvalue weighted by molar-refractivity contribution is 9.09. The molecule has 1 unspecified atom stereocenters. The highest BCUT2D eigenvalue weighted by atomic mass is 79.9. The van der Waals surface area contributed by atoms with Crippen LogP contribution in [0.3, 0.4) is 0 Å². The van der Waals surface area contributed by atoms with Gasteiger partial charge < -0.3 is 5.32 Å². The number of nitrogens with one attached hydrogen (secondary N) is 1. The number of amides is 1. The van der Waals surface area contributed by atoms with Crippen molar-refractivity contribution in [2.75, 3.05) is 0 Å². The molecule has 0 radical (unpaired) electrons. The first-order valence-electron chi connectivity index (χ1n) is 4.11. The molecule has 1 N–H and O–H groups in total. The number of halogens is 1. The van der Waals surface area contributed by atoms with E-state index in [0.717, 1.165) is 6.42 Å². The predicted molar refractivity (Wildman–Crippen MR) is 48.8 cm³/mol. The molecule has 0 aromatic carbocycles. The zero-order valence-corrected chi connectivity index (χ0v) is 8.36. The monoisotopic (exact) mass is 219 g/mol. The third-order valence-electron chi connectivity index (χ3n) is 2.07. The molecule has 1 aliphatic rings. The van der Waals surface area contributed by atoms with Gasteiger partial charge in [-0.1, -0.05) is 28.8 Å². The van der Waals surface area contributed by atoms with Crippen molar-refractivity contribution in [1.29, 1.82) is 0 Å². The summed E-state index contributed by atoms with van der Waals surface area (Å²) in [4.78, 5) is 11.2. The Hall–Kier alpha value is -0.0500. The minimum Gasteiger partial charge on any atom is -0.352 e. The minimum absolute atomic E-state index is 0.0846. The zero-order chi connectivity index (χ0) is 8.27. The fourth-order valence-corrected chi connectivity index (χ4v) is 2.23. The molecule has 3 heteroatoms. The summed E-state index contributed by atoms with van der Waals surface area (Å²) in [7, 11) is 0. The third kappa shape index (κ3) is 2.81. The van der Waals surface area contributed by atoms with Crippen LogP contribution in [0.15, 0.2) is 0 Å². The van der Waals surface area contributed by atoms with Crippen molar-refractivity contribution < 1.29 is 4.79 Å². The molecule has 2 nitrogen and oxygen atoms in total. The molecule has 0 aliphatic heterocycles. The van der Waals surface area contributed by atoms with E-state index in [1.54, 1.807) is 6.92 Å². The van der Waals surface area contributed by atoms with E-state index < -0.39 is 0 Å². The molecule has 64 valence electrons. The number of carbonyl (C=O) groups excluding carboxylic acids is 1. The van der Waals surface area contributed by atoms with Crippen molar-refractivity contribution in [3.63, 3.8) is 0 Å². The van der Waals surface area contributed by atoms with E-state index in [0.29, 0.717) is 10.9 Å². The SMILES string of the molecule is CC(=O)NC1CCCC[C@@H]1Br. The van der Waals surface area contributed by atoms with Gasteiger partial charge in [-0.3, -0.25) is 4.79 Å². The first kappa shape index (κ1) is 9.04. The molecule has 11 heavy (non-hydrogen) atoms. The second-order valence-electron chi connectivity index (χ2n) is 3.11. The van der Waals surface area contributed by atoms with Crippen LogP contribution in [0.25, 0.3) is 0 Å². The Kier molecular flexibility index (Phi) is 3.37. The van der Waals surface area contributed by atoms with Crippen LogP contribution in [0.5, 0.6) is 0 Å². The zero-order valence-electron chi connectivity index (χ0n) is 6.77. The molecular formula is C8H14BrNO. The Morgan fingerprint density at radius 1 is 1.45 bits per heavy atom. The van der Waals surface area contributed by atoms with Gasteiger partial charge in [0, 0.05) is 17.8 Å². The molecule has 1 amide bonds. The Bertz CT molecular complexity index is 149. The van der Waals surface area contributed by atoms with Crippen molar-refractivity contribution in [1.82, 2.24) is 5.32 Å². The van der Waals surface area contributed by atoms with Crippen LogP contribution in [-0.2, 0) is 4.79 Å². The molecule has 0 aromatic rings. The minimum atomic E-state index is 0.0846. The average molecular weight is 220 g/mol. The standard InChI is InChI=1S/C8H14BrNO/c1-6(11)10-8-5-3-2-4-7(8)9/h7-8H,2-5H2,1H3,(H,10,11)/t7-,8?/m0/s1. The van der Waals surface area contributed by atoms with Crippen molar-refractivity contribution in [2.45, 2.75) is 43.5 Å². The van der Waals surface area contributed by atoms with Crippen LogP contribution in [0.2, 0.25) is 0 Å². The van der Waals surface area contributed by atoms with Gasteiger partial charge in [-0.05, 0) is 12.8 Å². The second kappa shape index (κ2) is 4.10. The third-order valence-corrected chi connectivity index (χ3v) is 3.17. The fourth-order valence-electron chi connectivity index (χ4n) is 1.51. The average Bonchev–Trinajstić information content (AvgIpc) is 1.93. The molecule has 1 saturated carbocycles. The number of alkyl halides is 1. The number of hydrogen-bond donors (Lipinski definition) is 1. The maximum Gasteiger partial charge on any atom is 0.217 e. The molecule has 2 atom stereocenters. The van der Waals surface area contributed by atoms with E-state index in [2.05, 4.69) is 21.2 Å². The normalized spacial score (nSPS) is 31.5. The van der Waals surface area contributed by atoms with Crippen LogP contribution >= 0.6 is 15.9 Å². The molecule has 1 fully saturated rings. The van der Waals surface area contributed by atoms with E-state index in [4.69, 9.17) is 0 Å². The lowest BCUT2D eigenvalue weighted by molar-refractivity contribution is -0.119. The van der Waals surface area contributed by atoms with Crippen LogP contribution in [-0.4, -0.2) is 16.8 Å². The van der Waals surface area contributed by atoms with Crippen LogP contribution in [0.1, 0.15) is 32.6 Å². The van der Waals surface area contributed by atoms with Gasteiger partial charge in [0.2, 0.25) is 5.91 Å². The highest BCUT2D eigenvalue weighted by Gasteiger charge is 2.22. The molecule has 0 aromatic heterocycles. The first-order valence-corrected chi connectivity index (χ1v) is 5.03. The van der Waals surface area contributed by atoms with Crippen LogP contribution in [0, 0.1) is 0 Å². The Morgan fingerprint density at radius 3 is 2.64 bits per heavy atom. The van der Waals surface area contributed by atoms with Gasteiger partial charge in [-0.15, -0.1) is 0 Å². The highest BCUT2D eigenvalue weighted by Crippen LogP contribution is 2.24. The molecular weight excluding hydrogens is 206 g/mol. The summed E-state index contributed by atoms with van der Waals surface area (Å²) in [6.45, 7) is 1.58. The number of rotatable bonds is 1. The van der Waals surface area contributed by atoms with E-state index in [-0.39, 0.29) is 5.91 Å². The Labute approximate surface area is 75.9 Å². The maximum absolute atomic E-state index is 10.7. The van der Waals surface area contributed by atoms with Gasteiger partial charge >= 0.3 is 0 Å². The van der Waals surface area contributed by atoms with Gasteiger partial charge in [-0.2, -0.15) is 0 Å². The van der Waals surface area contributed by atoms with Crippen molar-refractivity contribution in [3.05, 3.63) is 0 Å². The van der Waals surface area contributed by atoms with E-state index in [1.807, 2.05) is 0 Å². The summed E-state index contributed by atoms with van der Waals surface area (Å²) in [6.07, 6.45) is 4.83. The molecule has 1 rings (SSSR count). The molecule has 0 bridgehead atoms. The summed E-state index contributed by atoms with van der Waals surface area (Å²) < 4.78 is 0. The van der Waals surface area contributed by atoms with Gasteiger partial charge in [0.05, 0.1) is 0 Å². The number of hydrogen-bond acceptors (Lipinski definition) is 1. The second-order valence-corrected chi connectivity index (χ2v) is 4.28. The molecule has 0 heterocycles. The largest absolute Gasteiger partial charge is 0.352 e. The maximum atomic E-state index is 10.7. The van der Waals surface area contributed by atoms with Gasteiger partial charge in [0.15, 0.2) is 0 Å². The van der Waals surface area contributed by atoms with Crippen molar-refractivity contribution in [2.24, 2.45) is 0 Å². The lowest BCUT2D eigenvalue weighted by Gasteiger charge is -2.27. The smallest absolute Gasteiger partial charge is 0.217 e. The summed E-state index contributed by atoms with van der Waals surface area (Å²) in [5, 5.41) is 2.95. The summed E-state index contributed by atoms with van der Waals surface area (Å²) >= 11 is 3.57. The fraction of sp³-hybridized carbons (Fsp3) is 0.875. The Balaban J connectivity index is 2.35. The first-order chi connectivity index (χ1) is 5.20. The van der Waals surface area contributed by atoms with E-state index >= 15 is 0 Å². The van der Waals surface area contributed by atoms with Crippen LogP contribution in [0.4, 0.5) is 0 Å². The topological polar surface area (TPSA) is 29.1 Å². The summed E-state index contributed by atoms with van der Waals surface area (Å²) in [5.74, 6) is 0.0846. The lowest BCUT2D eigenvalue weighted by atomic mass is 9.95. The van der Waals surface area contributed by atoms with Gasteiger partial charge in [0.1, 0.15) is 0 Å². The van der Waals surface area contributed by atoms with E-state index in [1.165, 1.54) is 19.3 Å². The Morgan fingerprint density at radius 2 is 2.09 bits per heavy atom. The van der Waals surface area contributed by atoms with Crippen molar-refractivity contribution >= 4 is 21.8 Å². The molecule has 0 saturated heterocycles.